The standard InChI is InChI=1S/C18H20Cl2N2O/c1-11(12(2)21)18(23)22-17(13-6-4-3-5-7-13)14-8-9-15(19)16(20)10-14/h3-12,17H,21H2,1-2H3,(H,22,23). The summed E-state index contributed by atoms with van der Waals surface area (Å²) in [5.74, 6) is -0.385. The molecule has 0 aliphatic heterocycles. The lowest BCUT2D eigenvalue weighted by Gasteiger charge is -2.23. The zero-order valence-electron chi connectivity index (χ0n) is 13.1. The monoisotopic (exact) mass is 350 g/mol. The molecular formula is C18H20Cl2N2O. The second-order valence-electron chi connectivity index (χ2n) is 5.67. The minimum atomic E-state index is -0.306. The lowest BCUT2D eigenvalue weighted by atomic mass is 9.96. The van der Waals surface area contributed by atoms with Gasteiger partial charge in [-0.05, 0) is 30.2 Å². The molecule has 2 aromatic carbocycles. The van der Waals surface area contributed by atoms with Crippen molar-refractivity contribution >= 4 is 29.1 Å². The normalized spacial score (nSPS) is 14.8. The van der Waals surface area contributed by atoms with E-state index in [2.05, 4.69) is 5.32 Å². The molecule has 0 saturated carbocycles. The SMILES string of the molecule is CC(N)C(C)C(=O)NC(c1ccccc1)c1ccc(Cl)c(Cl)c1. The molecule has 1 amide bonds. The van der Waals surface area contributed by atoms with Crippen molar-refractivity contribution in [2.24, 2.45) is 11.7 Å². The molecule has 0 radical (unpaired) electrons. The average molecular weight is 351 g/mol. The lowest BCUT2D eigenvalue weighted by Crippen LogP contribution is -2.40. The van der Waals surface area contributed by atoms with Gasteiger partial charge in [-0.2, -0.15) is 0 Å². The minimum Gasteiger partial charge on any atom is -0.345 e. The molecule has 3 unspecified atom stereocenters. The summed E-state index contributed by atoms with van der Waals surface area (Å²) in [6.45, 7) is 3.64. The fourth-order valence-electron chi connectivity index (χ4n) is 2.21. The number of nitrogens with two attached hydrogens (primary N) is 1. The van der Waals surface area contributed by atoms with Gasteiger partial charge in [0.2, 0.25) is 5.91 Å². The van der Waals surface area contributed by atoms with Crippen molar-refractivity contribution in [3.05, 3.63) is 69.7 Å². The number of amides is 1. The zero-order valence-corrected chi connectivity index (χ0v) is 14.6. The fourth-order valence-corrected chi connectivity index (χ4v) is 2.52. The largest absolute Gasteiger partial charge is 0.345 e. The van der Waals surface area contributed by atoms with Crippen LogP contribution in [-0.2, 0) is 4.79 Å². The zero-order chi connectivity index (χ0) is 17.0. The predicted octanol–water partition coefficient (Wildman–Crippen LogP) is 4.18. The van der Waals surface area contributed by atoms with Crippen molar-refractivity contribution in [1.82, 2.24) is 5.32 Å². The second kappa shape index (κ2) is 7.82. The Morgan fingerprint density at radius 3 is 2.22 bits per heavy atom. The average Bonchev–Trinajstić information content (AvgIpc) is 2.55. The van der Waals surface area contributed by atoms with Crippen LogP contribution in [0.15, 0.2) is 48.5 Å². The molecule has 0 fully saturated rings. The summed E-state index contributed by atoms with van der Waals surface area (Å²) >= 11 is 12.1. The maximum atomic E-state index is 12.4. The Kier molecular flexibility index (Phi) is 6.05. The van der Waals surface area contributed by atoms with Crippen molar-refractivity contribution < 1.29 is 4.79 Å². The third-order valence-electron chi connectivity index (χ3n) is 3.90. The molecule has 2 aromatic rings. The van der Waals surface area contributed by atoms with Crippen LogP contribution in [0.4, 0.5) is 0 Å². The third-order valence-corrected chi connectivity index (χ3v) is 4.64. The number of nitrogens with one attached hydrogen (secondary N) is 1. The van der Waals surface area contributed by atoms with Crippen molar-refractivity contribution in [2.45, 2.75) is 25.9 Å². The number of hydrogen-bond acceptors (Lipinski definition) is 2. The Hall–Kier alpha value is -1.55. The lowest BCUT2D eigenvalue weighted by molar-refractivity contribution is -0.125. The van der Waals surface area contributed by atoms with E-state index in [4.69, 9.17) is 28.9 Å². The Balaban J connectivity index is 2.36. The number of benzene rings is 2. The summed E-state index contributed by atoms with van der Waals surface area (Å²) < 4.78 is 0. The maximum Gasteiger partial charge on any atom is 0.225 e. The summed E-state index contributed by atoms with van der Waals surface area (Å²) in [6, 6.07) is 14.6. The van der Waals surface area contributed by atoms with Gasteiger partial charge in [0.15, 0.2) is 0 Å². The molecule has 3 atom stereocenters. The maximum absolute atomic E-state index is 12.4. The molecule has 122 valence electrons. The molecule has 0 spiro atoms. The molecule has 0 aliphatic rings. The van der Waals surface area contributed by atoms with Crippen LogP contribution in [0.1, 0.15) is 31.0 Å². The predicted molar refractivity (Wildman–Crippen MR) is 95.7 cm³/mol. The van der Waals surface area contributed by atoms with Crippen LogP contribution in [0, 0.1) is 5.92 Å². The highest BCUT2D eigenvalue weighted by Crippen LogP contribution is 2.29. The molecule has 0 bridgehead atoms. The molecule has 23 heavy (non-hydrogen) atoms. The first-order chi connectivity index (χ1) is 10.9. The smallest absolute Gasteiger partial charge is 0.225 e. The van der Waals surface area contributed by atoms with E-state index in [1.165, 1.54) is 0 Å². The van der Waals surface area contributed by atoms with E-state index < -0.39 is 0 Å². The van der Waals surface area contributed by atoms with Gasteiger partial charge in [0, 0.05) is 12.0 Å². The van der Waals surface area contributed by atoms with Crippen molar-refractivity contribution in [3.63, 3.8) is 0 Å². The summed E-state index contributed by atoms with van der Waals surface area (Å²) in [5.41, 5.74) is 7.67. The molecule has 3 N–H and O–H groups in total. The highest BCUT2D eigenvalue weighted by molar-refractivity contribution is 6.42. The molecule has 0 heterocycles. The molecule has 3 nitrogen and oxygen atoms in total. The number of carbonyl (C=O) groups is 1. The van der Waals surface area contributed by atoms with Gasteiger partial charge in [-0.15, -0.1) is 0 Å². The second-order valence-corrected chi connectivity index (χ2v) is 6.49. The van der Waals surface area contributed by atoms with Gasteiger partial charge in [-0.1, -0.05) is 66.5 Å². The summed E-state index contributed by atoms with van der Waals surface area (Å²) in [4.78, 5) is 12.4. The first-order valence-electron chi connectivity index (χ1n) is 7.46. The summed E-state index contributed by atoms with van der Waals surface area (Å²) in [5, 5.41) is 4.00. The van der Waals surface area contributed by atoms with E-state index in [0.717, 1.165) is 11.1 Å². The fraction of sp³-hybridized carbons (Fsp3) is 0.278. The van der Waals surface area contributed by atoms with Gasteiger partial charge >= 0.3 is 0 Å². The number of halogens is 2. The first-order valence-corrected chi connectivity index (χ1v) is 8.21. The van der Waals surface area contributed by atoms with Crippen molar-refractivity contribution in [3.8, 4) is 0 Å². The quantitative estimate of drug-likeness (QED) is 0.849. The molecule has 2 rings (SSSR count). The Morgan fingerprint density at radius 1 is 1.00 bits per heavy atom. The van der Waals surface area contributed by atoms with E-state index in [1.54, 1.807) is 12.1 Å². The van der Waals surface area contributed by atoms with Gasteiger partial charge in [0.1, 0.15) is 0 Å². The van der Waals surface area contributed by atoms with Crippen LogP contribution >= 0.6 is 23.2 Å². The summed E-state index contributed by atoms with van der Waals surface area (Å²) in [6.07, 6.45) is 0. The Labute approximate surface area is 146 Å². The van der Waals surface area contributed by atoms with Gasteiger partial charge < -0.3 is 11.1 Å². The molecule has 0 aliphatic carbocycles. The Morgan fingerprint density at radius 2 is 1.65 bits per heavy atom. The van der Waals surface area contributed by atoms with E-state index in [-0.39, 0.29) is 23.9 Å². The van der Waals surface area contributed by atoms with E-state index in [9.17, 15) is 4.79 Å². The Bertz CT molecular complexity index is 674. The van der Waals surface area contributed by atoms with Crippen LogP contribution in [-0.4, -0.2) is 11.9 Å². The molecular weight excluding hydrogens is 331 g/mol. The van der Waals surface area contributed by atoms with Crippen LogP contribution in [0.3, 0.4) is 0 Å². The number of hydrogen-bond donors (Lipinski definition) is 2. The van der Waals surface area contributed by atoms with Gasteiger partial charge in [0.25, 0.3) is 0 Å². The highest BCUT2D eigenvalue weighted by atomic mass is 35.5. The van der Waals surface area contributed by atoms with Gasteiger partial charge in [0.05, 0.1) is 16.1 Å². The van der Waals surface area contributed by atoms with Gasteiger partial charge in [-0.3, -0.25) is 4.79 Å². The van der Waals surface area contributed by atoms with Crippen LogP contribution in [0.5, 0.6) is 0 Å². The highest BCUT2D eigenvalue weighted by Gasteiger charge is 2.23. The van der Waals surface area contributed by atoms with Crippen LogP contribution in [0.25, 0.3) is 0 Å². The van der Waals surface area contributed by atoms with E-state index in [1.807, 2.05) is 50.2 Å². The number of carbonyl (C=O) groups excluding carboxylic acids is 1. The van der Waals surface area contributed by atoms with E-state index in [0.29, 0.717) is 10.0 Å². The van der Waals surface area contributed by atoms with Gasteiger partial charge in [-0.25, -0.2) is 0 Å². The third kappa shape index (κ3) is 4.47. The minimum absolute atomic E-state index is 0.0973. The molecule has 0 aromatic heterocycles. The van der Waals surface area contributed by atoms with E-state index >= 15 is 0 Å². The topological polar surface area (TPSA) is 55.1 Å². The molecule has 5 heteroatoms. The van der Waals surface area contributed by atoms with Crippen LogP contribution < -0.4 is 11.1 Å². The first kappa shape index (κ1) is 17.8. The molecule has 0 saturated heterocycles. The van der Waals surface area contributed by atoms with Crippen LogP contribution in [0.2, 0.25) is 10.0 Å². The summed E-state index contributed by atoms with van der Waals surface area (Å²) in [7, 11) is 0. The number of rotatable bonds is 5. The van der Waals surface area contributed by atoms with Crippen molar-refractivity contribution in [1.29, 1.82) is 0 Å². The van der Waals surface area contributed by atoms with Crippen molar-refractivity contribution in [2.75, 3.05) is 0 Å².